The molecule has 4 N–H and O–H groups in total. The van der Waals surface area contributed by atoms with Crippen LogP contribution in [0.25, 0.3) is 0 Å². The van der Waals surface area contributed by atoms with Gasteiger partial charge in [0.2, 0.25) is 0 Å². The van der Waals surface area contributed by atoms with Gasteiger partial charge in [-0.05, 0) is 0 Å². The lowest BCUT2D eigenvalue weighted by molar-refractivity contribution is -0.134. The highest BCUT2D eigenvalue weighted by molar-refractivity contribution is 8.00. The molecule has 0 aromatic heterocycles. The lowest BCUT2D eigenvalue weighted by Crippen LogP contribution is -2.15. The predicted molar refractivity (Wildman–Crippen MR) is 49.6 cm³/mol. The van der Waals surface area contributed by atoms with Crippen molar-refractivity contribution in [2.45, 2.75) is 10.7 Å². The first-order valence-electron chi connectivity index (χ1n) is 2.94. The zero-order valence-electron chi connectivity index (χ0n) is 6.16. The first-order valence-corrected chi connectivity index (χ1v) is 3.97. The highest BCUT2D eigenvalue weighted by atomic mass is 32.2. The molecule has 0 heterocycles. The van der Waals surface area contributed by atoms with Crippen LogP contribution >= 0.6 is 25.3 Å². The number of rotatable bonds is 3. The number of aliphatic hydroxyl groups excluding tert-OH is 3. The van der Waals surface area contributed by atoms with Crippen molar-refractivity contribution in [3.63, 3.8) is 0 Å². The van der Waals surface area contributed by atoms with Gasteiger partial charge in [0, 0.05) is 0 Å². The van der Waals surface area contributed by atoms with Crippen LogP contribution in [-0.4, -0.2) is 50.3 Å². The van der Waals surface area contributed by atoms with E-state index in [-0.39, 0.29) is 13.2 Å². The van der Waals surface area contributed by atoms with E-state index >= 15 is 0 Å². The summed E-state index contributed by atoms with van der Waals surface area (Å²) in [5, 5.41) is 31.9. The second kappa shape index (κ2) is 9.14. The van der Waals surface area contributed by atoms with Crippen LogP contribution in [0.4, 0.5) is 0 Å². The molecule has 0 aliphatic carbocycles. The smallest absolute Gasteiger partial charge is 0.326 e. The van der Waals surface area contributed by atoms with Crippen molar-refractivity contribution in [2.24, 2.45) is 0 Å². The Kier molecular flexibility index (Phi) is 11.1. The minimum Gasteiger partial charge on any atom is -0.480 e. The van der Waals surface area contributed by atoms with Gasteiger partial charge in [-0.1, -0.05) is 0 Å². The van der Waals surface area contributed by atoms with E-state index in [0.29, 0.717) is 0 Å². The van der Waals surface area contributed by atoms with Gasteiger partial charge in [-0.15, -0.1) is 0 Å². The van der Waals surface area contributed by atoms with E-state index in [2.05, 4.69) is 25.3 Å². The van der Waals surface area contributed by atoms with Gasteiger partial charge in [0.15, 0.2) is 0 Å². The van der Waals surface area contributed by atoms with Crippen molar-refractivity contribution in [2.75, 3.05) is 13.2 Å². The molecule has 0 aromatic rings. The van der Waals surface area contributed by atoms with Crippen LogP contribution < -0.4 is 0 Å². The molecule has 0 saturated carbocycles. The summed E-state index contributed by atoms with van der Waals surface area (Å²) in [6, 6.07) is 0. The summed E-state index contributed by atoms with van der Waals surface area (Å²) >= 11 is 6.92. The summed E-state index contributed by atoms with van der Waals surface area (Å²) in [7, 11) is 0. The second-order valence-electron chi connectivity index (χ2n) is 1.73. The molecule has 0 bridgehead atoms. The van der Waals surface area contributed by atoms with E-state index in [1.807, 2.05) is 0 Å². The van der Waals surface area contributed by atoms with Crippen molar-refractivity contribution in [3.05, 3.63) is 0 Å². The largest absolute Gasteiger partial charge is 0.480 e. The molecule has 5 nitrogen and oxygen atoms in total. The zero-order chi connectivity index (χ0) is 10.1. The quantitative estimate of drug-likeness (QED) is 0.257. The molecule has 0 atom stereocenters. The summed E-state index contributed by atoms with van der Waals surface area (Å²) in [5.74, 6) is -1.01. The molecule has 12 heavy (non-hydrogen) atoms. The zero-order valence-corrected chi connectivity index (χ0v) is 7.95. The number of hydrogen-bond acceptors (Lipinski definition) is 6. The topological polar surface area (TPSA) is 98.0 Å². The van der Waals surface area contributed by atoms with Crippen molar-refractivity contribution in [1.29, 1.82) is 0 Å². The third kappa shape index (κ3) is 12.7. The maximum Gasteiger partial charge on any atom is 0.326 e. The molecule has 0 amide bonds. The lowest BCUT2D eigenvalue weighted by atomic mass is 10.4. The first kappa shape index (κ1) is 14.6. The molecule has 0 aliphatic rings. The van der Waals surface area contributed by atoms with Crippen molar-refractivity contribution < 1.29 is 25.2 Å². The maximum atomic E-state index is 9.55. The normalized spacial score (nSPS) is 9.58. The Bertz CT molecular complexity index is 114. The second-order valence-corrected chi connectivity index (χ2v) is 3.17. The highest BCUT2D eigenvalue weighted by Gasteiger charge is 2.01. The van der Waals surface area contributed by atoms with Crippen molar-refractivity contribution in [3.8, 4) is 0 Å². The highest BCUT2D eigenvalue weighted by Crippen LogP contribution is 1.96. The Morgan fingerprint density at radius 3 is 1.50 bits per heavy atom. The van der Waals surface area contributed by atoms with E-state index in [1.54, 1.807) is 0 Å². The van der Waals surface area contributed by atoms with Gasteiger partial charge in [-0.25, -0.2) is 0 Å². The van der Waals surface area contributed by atoms with Gasteiger partial charge in [0.1, 0.15) is 10.7 Å². The Morgan fingerprint density at radius 1 is 1.25 bits per heavy atom. The van der Waals surface area contributed by atoms with Crippen LogP contribution in [0.2, 0.25) is 0 Å². The van der Waals surface area contributed by atoms with Gasteiger partial charge in [-0.3, -0.25) is 4.79 Å². The number of carbonyl (C=O) groups is 1. The standard InChI is InChI=1S/C3H8O3.C2H4O2S2/c4-1-3(6)2-5;3-1(4)2(5)6/h3-6H,1-2H2;2,5-6H,(H,3,4). The van der Waals surface area contributed by atoms with Crippen LogP contribution in [0.1, 0.15) is 0 Å². The number of carboxylic acids is 1. The van der Waals surface area contributed by atoms with Crippen molar-refractivity contribution in [1.82, 2.24) is 0 Å². The minimum absolute atomic E-state index is 0.365. The molecule has 74 valence electrons. The summed E-state index contributed by atoms with van der Waals surface area (Å²) < 4.78 is -0.843. The molecule has 7 heteroatoms. The Balaban J connectivity index is 0. The van der Waals surface area contributed by atoms with Gasteiger partial charge >= 0.3 is 5.97 Å². The Labute approximate surface area is 80.9 Å². The molecule has 0 aliphatic heterocycles. The molecule has 0 aromatic carbocycles. The molecule has 0 saturated heterocycles. The minimum atomic E-state index is -1.01. The average Bonchev–Trinajstić information content (AvgIpc) is 2.04. The third-order valence-corrected chi connectivity index (χ3v) is 1.08. The average molecular weight is 216 g/mol. The summed E-state index contributed by atoms with van der Waals surface area (Å²) in [5.41, 5.74) is 0. The monoisotopic (exact) mass is 216 g/mol. The fourth-order valence-corrected chi connectivity index (χ4v) is 0.0577. The van der Waals surface area contributed by atoms with E-state index in [9.17, 15) is 4.79 Å². The Hall–Kier alpha value is 0.0500. The van der Waals surface area contributed by atoms with Crippen LogP contribution in [0.3, 0.4) is 0 Å². The van der Waals surface area contributed by atoms with E-state index < -0.39 is 16.7 Å². The molecular weight excluding hydrogens is 204 g/mol. The molecule has 0 unspecified atom stereocenters. The summed E-state index contributed by atoms with van der Waals surface area (Å²) in [6.45, 7) is -0.729. The molecule has 0 fully saturated rings. The van der Waals surface area contributed by atoms with E-state index in [4.69, 9.17) is 20.4 Å². The van der Waals surface area contributed by atoms with Gasteiger partial charge in [0.05, 0.1) is 13.2 Å². The van der Waals surface area contributed by atoms with Gasteiger partial charge in [-0.2, -0.15) is 25.3 Å². The van der Waals surface area contributed by atoms with Crippen LogP contribution in [0.15, 0.2) is 0 Å². The fraction of sp³-hybridized carbons (Fsp3) is 0.800. The van der Waals surface area contributed by atoms with Gasteiger partial charge < -0.3 is 20.4 Å². The summed E-state index contributed by atoms with van der Waals surface area (Å²) in [4.78, 5) is 9.55. The maximum absolute atomic E-state index is 9.55. The first-order chi connectivity index (χ1) is 5.45. The molecule has 0 spiro atoms. The number of hydrogen-bond donors (Lipinski definition) is 6. The SMILES string of the molecule is O=C(O)C(S)S.OCC(O)CO. The van der Waals surface area contributed by atoms with Gasteiger partial charge in [0.25, 0.3) is 0 Å². The number of thiol groups is 2. The number of carboxylic acid groups (broad SMARTS) is 1. The third-order valence-electron chi connectivity index (χ3n) is 0.642. The fourth-order valence-electron chi connectivity index (χ4n) is 0.0577. The predicted octanol–water partition coefficient (Wildman–Crippen LogP) is -1.41. The summed E-state index contributed by atoms with van der Waals surface area (Å²) in [6.07, 6.45) is -0.954. The number of aliphatic hydroxyl groups is 3. The molecular formula is C5H12O5S2. The number of aliphatic carboxylic acids is 1. The molecule has 0 radical (unpaired) electrons. The lowest BCUT2D eigenvalue weighted by Gasteiger charge is -1.96. The van der Waals surface area contributed by atoms with E-state index in [0.717, 1.165) is 0 Å². The molecule has 0 rings (SSSR count). The van der Waals surface area contributed by atoms with E-state index in [1.165, 1.54) is 0 Å². The van der Waals surface area contributed by atoms with Crippen LogP contribution in [-0.2, 0) is 4.79 Å². The van der Waals surface area contributed by atoms with Crippen molar-refractivity contribution >= 4 is 31.2 Å². The van der Waals surface area contributed by atoms with Crippen LogP contribution in [0, 0.1) is 0 Å². The Morgan fingerprint density at radius 2 is 1.50 bits per heavy atom. The van der Waals surface area contributed by atoms with Crippen LogP contribution in [0.5, 0.6) is 0 Å².